The van der Waals surface area contributed by atoms with Crippen molar-refractivity contribution in [3.63, 3.8) is 0 Å². The fourth-order valence-corrected chi connectivity index (χ4v) is 1.77. The second-order valence-electron chi connectivity index (χ2n) is 4.79. The highest BCUT2D eigenvalue weighted by Crippen LogP contribution is 2.29. The Hall–Kier alpha value is -0.830. The van der Waals surface area contributed by atoms with E-state index in [2.05, 4.69) is 13.5 Å². The summed E-state index contributed by atoms with van der Waals surface area (Å²) in [6, 6.07) is 0. The predicted octanol–water partition coefficient (Wildman–Crippen LogP) is 3.58. The molecule has 0 amide bonds. The van der Waals surface area contributed by atoms with Gasteiger partial charge >= 0.3 is 5.97 Å². The fourth-order valence-electron chi connectivity index (χ4n) is 1.77. The van der Waals surface area contributed by atoms with Crippen LogP contribution in [0.3, 0.4) is 0 Å². The maximum atomic E-state index is 11.2. The number of carbonyl (C=O) groups is 1. The number of hydrogen-bond acceptors (Lipinski definition) is 3. The molecule has 1 rings (SSSR count). The largest absolute Gasteiger partial charge is 0.429 e. The van der Waals surface area contributed by atoms with E-state index >= 15 is 0 Å². The number of hydrogen-bond donors (Lipinski definition) is 0. The molecule has 98 valence electrons. The minimum Gasteiger partial charge on any atom is -0.429 e. The van der Waals surface area contributed by atoms with Crippen LogP contribution in [0.2, 0.25) is 0 Å². The molecule has 2 atom stereocenters. The molecule has 1 fully saturated rings. The zero-order valence-electron chi connectivity index (χ0n) is 11.0. The fraction of sp³-hybridized carbons (Fsp3) is 0.786. The van der Waals surface area contributed by atoms with Crippen LogP contribution < -0.4 is 0 Å². The first-order valence-electron chi connectivity index (χ1n) is 6.67. The van der Waals surface area contributed by atoms with Crippen molar-refractivity contribution in [3.8, 4) is 0 Å². The van der Waals surface area contributed by atoms with Crippen molar-refractivity contribution in [2.24, 2.45) is 0 Å². The SMILES string of the molecule is C=C(C)C(=O)OC1OC1CCCCCCCC. The Morgan fingerprint density at radius 3 is 2.53 bits per heavy atom. The van der Waals surface area contributed by atoms with Crippen molar-refractivity contribution in [1.29, 1.82) is 0 Å². The predicted molar refractivity (Wildman–Crippen MR) is 67.6 cm³/mol. The molecular weight excluding hydrogens is 216 g/mol. The van der Waals surface area contributed by atoms with E-state index in [1.165, 1.54) is 32.1 Å². The van der Waals surface area contributed by atoms with Crippen molar-refractivity contribution in [2.45, 2.75) is 71.2 Å². The highest BCUT2D eigenvalue weighted by molar-refractivity contribution is 5.87. The molecule has 3 nitrogen and oxygen atoms in total. The Kier molecular flexibility index (Phi) is 6.27. The molecule has 2 unspecified atom stereocenters. The van der Waals surface area contributed by atoms with E-state index < -0.39 is 0 Å². The summed E-state index contributed by atoms with van der Waals surface area (Å²) >= 11 is 0. The van der Waals surface area contributed by atoms with Crippen LogP contribution >= 0.6 is 0 Å². The number of ether oxygens (including phenoxy) is 2. The molecule has 0 aromatic carbocycles. The lowest BCUT2D eigenvalue weighted by Gasteiger charge is -2.00. The van der Waals surface area contributed by atoms with Gasteiger partial charge in [0.1, 0.15) is 6.10 Å². The molecule has 0 bridgehead atoms. The van der Waals surface area contributed by atoms with Crippen molar-refractivity contribution in [2.75, 3.05) is 0 Å². The van der Waals surface area contributed by atoms with Crippen molar-refractivity contribution >= 4 is 5.97 Å². The summed E-state index contributed by atoms with van der Waals surface area (Å²) in [5.74, 6) is -0.347. The third kappa shape index (κ3) is 5.87. The van der Waals surface area contributed by atoms with Crippen LogP contribution in [0.15, 0.2) is 12.2 Å². The monoisotopic (exact) mass is 240 g/mol. The van der Waals surface area contributed by atoms with Gasteiger partial charge in [-0.1, -0.05) is 52.0 Å². The number of epoxide rings is 1. The summed E-state index contributed by atoms with van der Waals surface area (Å²) in [6.07, 6.45) is 8.48. The molecule has 0 radical (unpaired) electrons. The van der Waals surface area contributed by atoms with Gasteiger partial charge in [0, 0.05) is 5.57 Å². The molecule has 17 heavy (non-hydrogen) atoms. The average Bonchev–Trinajstić information content (AvgIpc) is 3.01. The minimum atomic E-state index is -0.347. The van der Waals surface area contributed by atoms with E-state index in [1.807, 2.05) is 0 Å². The molecule has 0 aromatic heterocycles. The van der Waals surface area contributed by atoms with Crippen LogP contribution in [-0.4, -0.2) is 18.4 Å². The molecule has 3 heteroatoms. The van der Waals surface area contributed by atoms with Gasteiger partial charge < -0.3 is 9.47 Å². The number of unbranched alkanes of at least 4 members (excludes halogenated alkanes) is 5. The lowest BCUT2D eigenvalue weighted by Crippen LogP contribution is -2.09. The first kappa shape index (κ1) is 14.2. The second-order valence-corrected chi connectivity index (χ2v) is 4.79. The second kappa shape index (κ2) is 7.49. The highest BCUT2D eigenvalue weighted by Gasteiger charge is 2.41. The third-order valence-corrected chi connectivity index (χ3v) is 2.95. The van der Waals surface area contributed by atoms with Gasteiger partial charge in [-0.05, 0) is 13.3 Å². The molecular formula is C14H24O3. The molecule has 1 aliphatic heterocycles. The molecule has 1 heterocycles. The number of rotatable bonds is 9. The van der Waals surface area contributed by atoms with Gasteiger partial charge in [-0.2, -0.15) is 0 Å². The molecule has 0 spiro atoms. The summed E-state index contributed by atoms with van der Waals surface area (Å²) in [4.78, 5) is 11.2. The Balaban J connectivity index is 1.94. The van der Waals surface area contributed by atoms with Gasteiger partial charge in [-0.3, -0.25) is 0 Å². The van der Waals surface area contributed by atoms with E-state index in [0.717, 1.165) is 12.8 Å². The van der Waals surface area contributed by atoms with E-state index in [0.29, 0.717) is 5.57 Å². The number of carbonyl (C=O) groups excluding carboxylic acids is 1. The van der Waals surface area contributed by atoms with E-state index in [9.17, 15) is 4.79 Å². The lowest BCUT2D eigenvalue weighted by molar-refractivity contribution is -0.143. The Labute approximate surface area is 104 Å². The summed E-state index contributed by atoms with van der Waals surface area (Å²) in [7, 11) is 0. The molecule has 0 aliphatic carbocycles. The van der Waals surface area contributed by atoms with Crippen LogP contribution in [0, 0.1) is 0 Å². The minimum absolute atomic E-state index is 0.129. The lowest BCUT2D eigenvalue weighted by atomic mass is 10.1. The zero-order chi connectivity index (χ0) is 12.7. The molecule has 0 saturated carbocycles. The van der Waals surface area contributed by atoms with Crippen molar-refractivity contribution in [3.05, 3.63) is 12.2 Å². The first-order valence-corrected chi connectivity index (χ1v) is 6.67. The van der Waals surface area contributed by atoms with Gasteiger partial charge in [-0.15, -0.1) is 0 Å². The topological polar surface area (TPSA) is 38.8 Å². The Morgan fingerprint density at radius 1 is 1.24 bits per heavy atom. The maximum Gasteiger partial charge on any atom is 0.335 e. The highest BCUT2D eigenvalue weighted by atomic mass is 16.8. The summed E-state index contributed by atoms with van der Waals surface area (Å²) in [5, 5.41) is 0. The zero-order valence-corrected chi connectivity index (χ0v) is 11.0. The van der Waals surface area contributed by atoms with Crippen LogP contribution in [-0.2, 0) is 14.3 Å². The third-order valence-electron chi connectivity index (χ3n) is 2.95. The summed E-state index contributed by atoms with van der Waals surface area (Å²) < 4.78 is 10.4. The van der Waals surface area contributed by atoms with Gasteiger partial charge in [0.15, 0.2) is 0 Å². The van der Waals surface area contributed by atoms with E-state index in [4.69, 9.17) is 9.47 Å². The van der Waals surface area contributed by atoms with E-state index in [-0.39, 0.29) is 18.4 Å². The quantitative estimate of drug-likeness (QED) is 0.267. The average molecular weight is 240 g/mol. The smallest absolute Gasteiger partial charge is 0.335 e. The van der Waals surface area contributed by atoms with Gasteiger partial charge in [0.2, 0.25) is 6.29 Å². The van der Waals surface area contributed by atoms with Gasteiger partial charge in [0.25, 0.3) is 0 Å². The Morgan fingerprint density at radius 2 is 1.88 bits per heavy atom. The van der Waals surface area contributed by atoms with E-state index in [1.54, 1.807) is 6.92 Å². The first-order chi connectivity index (χ1) is 8.15. The van der Waals surface area contributed by atoms with Crippen LogP contribution in [0.1, 0.15) is 58.8 Å². The van der Waals surface area contributed by atoms with Crippen LogP contribution in [0.4, 0.5) is 0 Å². The normalized spacial score (nSPS) is 22.2. The Bertz CT molecular complexity index is 260. The van der Waals surface area contributed by atoms with Gasteiger partial charge in [0.05, 0.1) is 0 Å². The van der Waals surface area contributed by atoms with Crippen molar-refractivity contribution in [1.82, 2.24) is 0 Å². The molecule has 1 saturated heterocycles. The van der Waals surface area contributed by atoms with Crippen LogP contribution in [0.5, 0.6) is 0 Å². The van der Waals surface area contributed by atoms with Crippen LogP contribution in [0.25, 0.3) is 0 Å². The maximum absolute atomic E-state index is 11.2. The summed E-state index contributed by atoms with van der Waals surface area (Å²) in [5.41, 5.74) is 0.429. The standard InChI is InChI=1S/C14H24O3/c1-4-5-6-7-8-9-10-12-14(16-12)17-13(15)11(2)3/h12,14H,2,4-10H2,1,3H3. The summed E-state index contributed by atoms with van der Waals surface area (Å²) in [6.45, 7) is 7.40. The van der Waals surface area contributed by atoms with Gasteiger partial charge in [-0.25, -0.2) is 4.79 Å². The van der Waals surface area contributed by atoms with Crippen molar-refractivity contribution < 1.29 is 14.3 Å². The molecule has 0 aromatic rings. The molecule has 1 aliphatic rings. The number of esters is 1. The molecule has 0 N–H and O–H groups in total.